The molecule has 0 aliphatic heterocycles. The van der Waals surface area contributed by atoms with E-state index < -0.39 is 18.0 Å². The number of nitrogens with one attached hydrogen (secondary N) is 1. The standard InChI is InChI=1S/C14H23NO5/c1-20-13(17)9-7-11(14(18)19)15-12(16)8-6-10-4-2-3-5-10/h10-11H,2-9H2,1H3,(H,15,16)(H,18,19). The Balaban J connectivity index is 2.30. The van der Waals surface area contributed by atoms with Crippen LogP contribution in [0, 0.1) is 5.92 Å². The SMILES string of the molecule is COC(=O)CCC(NC(=O)CCC1CCCC1)C(=O)O. The van der Waals surface area contributed by atoms with Crippen LogP contribution >= 0.6 is 0 Å². The van der Waals surface area contributed by atoms with E-state index in [1.165, 1.54) is 20.0 Å². The molecule has 114 valence electrons. The molecule has 0 heterocycles. The highest BCUT2D eigenvalue weighted by atomic mass is 16.5. The van der Waals surface area contributed by atoms with Crippen molar-refractivity contribution in [3.05, 3.63) is 0 Å². The zero-order valence-corrected chi connectivity index (χ0v) is 11.9. The zero-order valence-electron chi connectivity index (χ0n) is 11.9. The van der Waals surface area contributed by atoms with E-state index in [1.54, 1.807) is 0 Å². The van der Waals surface area contributed by atoms with Crippen LogP contribution in [0.4, 0.5) is 0 Å². The number of methoxy groups -OCH3 is 1. The quantitative estimate of drug-likeness (QED) is 0.659. The Morgan fingerprint density at radius 2 is 1.90 bits per heavy atom. The van der Waals surface area contributed by atoms with Gasteiger partial charge in [-0.1, -0.05) is 25.7 Å². The molecule has 1 rings (SSSR count). The summed E-state index contributed by atoms with van der Waals surface area (Å²) in [5.74, 6) is -1.26. The van der Waals surface area contributed by atoms with Gasteiger partial charge in [-0.3, -0.25) is 9.59 Å². The van der Waals surface area contributed by atoms with E-state index in [0.29, 0.717) is 12.3 Å². The van der Waals surface area contributed by atoms with Crippen molar-refractivity contribution in [1.29, 1.82) is 0 Å². The number of carbonyl (C=O) groups is 3. The first kappa shape index (κ1) is 16.5. The summed E-state index contributed by atoms with van der Waals surface area (Å²) in [6.45, 7) is 0. The number of ether oxygens (including phenoxy) is 1. The highest BCUT2D eigenvalue weighted by molar-refractivity contribution is 5.84. The summed E-state index contributed by atoms with van der Waals surface area (Å²) in [5, 5.41) is 11.5. The Morgan fingerprint density at radius 1 is 1.25 bits per heavy atom. The van der Waals surface area contributed by atoms with Gasteiger partial charge in [0.05, 0.1) is 7.11 Å². The molecule has 1 fully saturated rings. The Kier molecular flexibility index (Phi) is 7.04. The van der Waals surface area contributed by atoms with Gasteiger partial charge in [0.25, 0.3) is 0 Å². The first-order valence-electron chi connectivity index (χ1n) is 7.12. The maximum Gasteiger partial charge on any atom is 0.326 e. The van der Waals surface area contributed by atoms with Crippen LogP contribution in [-0.2, 0) is 19.1 Å². The van der Waals surface area contributed by atoms with Gasteiger partial charge in [-0.15, -0.1) is 0 Å². The van der Waals surface area contributed by atoms with Crippen molar-refractivity contribution in [2.75, 3.05) is 7.11 Å². The largest absolute Gasteiger partial charge is 0.480 e. The van der Waals surface area contributed by atoms with Gasteiger partial charge in [0.2, 0.25) is 5.91 Å². The first-order valence-corrected chi connectivity index (χ1v) is 7.12. The van der Waals surface area contributed by atoms with E-state index in [-0.39, 0.29) is 18.7 Å². The minimum absolute atomic E-state index is 0.0175. The lowest BCUT2D eigenvalue weighted by molar-refractivity contribution is -0.144. The lowest BCUT2D eigenvalue weighted by Crippen LogP contribution is -2.41. The lowest BCUT2D eigenvalue weighted by atomic mass is 10.0. The summed E-state index contributed by atoms with van der Waals surface area (Å²) in [4.78, 5) is 33.8. The summed E-state index contributed by atoms with van der Waals surface area (Å²) in [6, 6.07) is -1.02. The third-order valence-corrected chi connectivity index (χ3v) is 3.75. The average molecular weight is 285 g/mol. The van der Waals surface area contributed by atoms with Gasteiger partial charge < -0.3 is 15.2 Å². The van der Waals surface area contributed by atoms with Gasteiger partial charge in [0, 0.05) is 12.8 Å². The van der Waals surface area contributed by atoms with Crippen molar-refractivity contribution < 1.29 is 24.2 Å². The molecular formula is C14H23NO5. The number of rotatable bonds is 8. The molecular weight excluding hydrogens is 262 g/mol. The van der Waals surface area contributed by atoms with Gasteiger partial charge in [0.15, 0.2) is 0 Å². The number of hydrogen-bond donors (Lipinski definition) is 2. The molecule has 6 heteroatoms. The fraction of sp³-hybridized carbons (Fsp3) is 0.786. The molecule has 1 saturated carbocycles. The molecule has 0 saturated heterocycles. The van der Waals surface area contributed by atoms with Crippen molar-refractivity contribution in [3.8, 4) is 0 Å². The van der Waals surface area contributed by atoms with Crippen molar-refractivity contribution >= 4 is 17.8 Å². The molecule has 0 aromatic rings. The Hall–Kier alpha value is -1.59. The number of carbonyl (C=O) groups excluding carboxylic acids is 2. The summed E-state index contributed by atoms with van der Waals surface area (Å²) < 4.78 is 4.46. The van der Waals surface area contributed by atoms with Crippen LogP contribution in [0.5, 0.6) is 0 Å². The van der Waals surface area contributed by atoms with Gasteiger partial charge in [-0.2, -0.15) is 0 Å². The Bertz CT molecular complexity index is 349. The van der Waals surface area contributed by atoms with E-state index in [1.807, 2.05) is 0 Å². The number of hydrogen-bond acceptors (Lipinski definition) is 4. The second-order valence-electron chi connectivity index (χ2n) is 5.26. The van der Waals surface area contributed by atoms with Crippen LogP contribution < -0.4 is 5.32 Å². The van der Waals surface area contributed by atoms with Crippen LogP contribution in [0.25, 0.3) is 0 Å². The molecule has 0 spiro atoms. The van der Waals surface area contributed by atoms with Crippen LogP contribution in [-0.4, -0.2) is 36.1 Å². The second-order valence-corrected chi connectivity index (χ2v) is 5.26. The normalized spacial score (nSPS) is 16.6. The molecule has 6 nitrogen and oxygen atoms in total. The molecule has 0 aromatic heterocycles. The second kappa shape index (κ2) is 8.55. The topological polar surface area (TPSA) is 92.7 Å². The maximum atomic E-state index is 11.7. The molecule has 1 unspecified atom stereocenters. The van der Waals surface area contributed by atoms with Gasteiger partial charge in [-0.25, -0.2) is 4.79 Å². The maximum absolute atomic E-state index is 11.7. The molecule has 20 heavy (non-hydrogen) atoms. The fourth-order valence-electron chi connectivity index (χ4n) is 2.52. The number of carboxylic acid groups (broad SMARTS) is 1. The third-order valence-electron chi connectivity index (χ3n) is 3.75. The smallest absolute Gasteiger partial charge is 0.326 e. The summed E-state index contributed by atoms with van der Waals surface area (Å²) in [7, 11) is 1.25. The summed E-state index contributed by atoms with van der Waals surface area (Å²) >= 11 is 0. The monoisotopic (exact) mass is 285 g/mol. The van der Waals surface area contributed by atoms with E-state index >= 15 is 0 Å². The van der Waals surface area contributed by atoms with Crippen molar-refractivity contribution in [2.45, 2.75) is 57.4 Å². The van der Waals surface area contributed by atoms with E-state index in [2.05, 4.69) is 10.1 Å². The molecule has 1 aliphatic rings. The predicted octanol–water partition coefficient (Wildman–Crippen LogP) is 1.48. The van der Waals surface area contributed by atoms with Gasteiger partial charge in [-0.05, 0) is 18.8 Å². The van der Waals surface area contributed by atoms with Crippen LogP contribution in [0.1, 0.15) is 51.4 Å². The summed E-state index contributed by atoms with van der Waals surface area (Å²) in [6.07, 6.45) is 5.98. The van der Waals surface area contributed by atoms with Crippen molar-refractivity contribution in [2.24, 2.45) is 5.92 Å². The lowest BCUT2D eigenvalue weighted by Gasteiger charge is -2.15. The first-order chi connectivity index (χ1) is 9.52. The Labute approximate surface area is 118 Å². The predicted molar refractivity (Wildman–Crippen MR) is 72.0 cm³/mol. The number of amides is 1. The summed E-state index contributed by atoms with van der Waals surface area (Å²) in [5.41, 5.74) is 0. The molecule has 2 N–H and O–H groups in total. The number of carboxylic acids is 1. The van der Waals surface area contributed by atoms with Crippen LogP contribution in [0.3, 0.4) is 0 Å². The van der Waals surface area contributed by atoms with Crippen molar-refractivity contribution in [1.82, 2.24) is 5.32 Å². The zero-order chi connectivity index (χ0) is 15.0. The number of aliphatic carboxylic acids is 1. The number of esters is 1. The van der Waals surface area contributed by atoms with Gasteiger partial charge >= 0.3 is 11.9 Å². The van der Waals surface area contributed by atoms with Crippen LogP contribution in [0.2, 0.25) is 0 Å². The Morgan fingerprint density at radius 3 is 2.45 bits per heavy atom. The molecule has 0 bridgehead atoms. The molecule has 0 aromatic carbocycles. The minimum atomic E-state index is -1.12. The van der Waals surface area contributed by atoms with E-state index in [4.69, 9.17) is 5.11 Å². The average Bonchev–Trinajstić information content (AvgIpc) is 2.93. The molecule has 1 atom stereocenters. The third kappa shape index (κ3) is 6.04. The van der Waals surface area contributed by atoms with Crippen molar-refractivity contribution in [3.63, 3.8) is 0 Å². The van der Waals surface area contributed by atoms with Gasteiger partial charge in [0.1, 0.15) is 6.04 Å². The van der Waals surface area contributed by atoms with E-state index in [0.717, 1.165) is 19.3 Å². The highest BCUT2D eigenvalue weighted by Gasteiger charge is 2.22. The fourth-order valence-corrected chi connectivity index (χ4v) is 2.52. The molecule has 1 aliphatic carbocycles. The highest BCUT2D eigenvalue weighted by Crippen LogP contribution is 2.28. The molecule has 0 radical (unpaired) electrons. The van der Waals surface area contributed by atoms with E-state index in [9.17, 15) is 14.4 Å². The van der Waals surface area contributed by atoms with Crippen LogP contribution in [0.15, 0.2) is 0 Å². The minimum Gasteiger partial charge on any atom is -0.480 e. The molecule has 1 amide bonds.